The maximum absolute atomic E-state index is 11.3. The van der Waals surface area contributed by atoms with Crippen molar-refractivity contribution >= 4 is 6.03 Å². The van der Waals surface area contributed by atoms with Gasteiger partial charge in [-0.05, 0) is 12.1 Å². The molecule has 0 aromatic carbocycles. The first-order valence-electron chi connectivity index (χ1n) is 5.86. The molecule has 2 aromatic rings. The van der Waals surface area contributed by atoms with E-state index in [-0.39, 0.29) is 6.03 Å². The van der Waals surface area contributed by atoms with Gasteiger partial charge in [0.2, 0.25) is 5.89 Å². The quantitative estimate of drug-likeness (QED) is 0.885. The summed E-state index contributed by atoms with van der Waals surface area (Å²) in [6.07, 6.45) is 2.15. The van der Waals surface area contributed by atoms with Crippen LogP contribution in [0.1, 0.15) is 5.89 Å². The van der Waals surface area contributed by atoms with Gasteiger partial charge in [-0.3, -0.25) is 4.98 Å². The lowest BCUT2D eigenvalue weighted by molar-refractivity contribution is 0.217. The lowest BCUT2D eigenvalue weighted by Gasteiger charge is -2.10. The number of aromatic nitrogens is 3. The average Bonchev–Trinajstić information content (AvgIpc) is 2.88. The number of rotatable bonds is 4. The Kier molecular flexibility index (Phi) is 4.07. The van der Waals surface area contributed by atoms with E-state index in [1.165, 1.54) is 4.90 Å². The van der Waals surface area contributed by atoms with E-state index in [2.05, 4.69) is 20.5 Å². The fourth-order valence-electron chi connectivity index (χ4n) is 1.38. The van der Waals surface area contributed by atoms with Crippen LogP contribution < -0.4 is 5.32 Å². The molecule has 2 heterocycles. The first-order valence-corrected chi connectivity index (χ1v) is 5.86. The van der Waals surface area contributed by atoms with Crippen LogP contribution in [0.2, 0.25) is 0 Å². The van der Waals surface area contributed by atoms with Gasteiger partial charge in [0, 0.05) is 33.3 Å². The number of urea groups is 1. The fraction of sp³-hybridized carbons (Fsp3) is 0.333. The van der Waals surface area contributed by atoms with Gasteiger partial charge in [-0.2, -0.15) is 0 Å². The molecule has 2 amide bonds. The summed E-state index contributed by atoms with van der Waals surface area (Å²) in [7, 11) is 3.36. The van der Waals surface area contributed by atoms with Crippen LogP contribution >= 0.6 is 0 Å². The summed E-state index contributed by atoms with van der Waals surface area (Å²) >= 11 is 0. The highest BCUT2D eigenvalue weighted by Gasteiger charge is 2.09. The van der Waals surface area contributed by atoms with Crippen molar-refractivity contribution in [2.75, 3.05) is 20.6 Å². The summed E-state index contributed by atoms with van der Waals surface area (Å²) in [5, 5.41) is 10.6. The van der Waals surface area contributed by atoms with E-state index < -0.39 is 0 Å². The van der Waals surface area contributed by atoms with Crippen LogP contribution in [0, 0.1) is 0 Å². The predicted molar refractivity (Wildman–Crippen MR) is 68.3 cm³/mol. The Morgan fingerprint density at radius 1 is 1.37 bits per heavy atom. The zero-order chi connectivity index (χ0) is 13.7. The number of hydrogen-bond donors (Lipinski definition) is 1. The molecule has 100 valence electrons. The Hall–Kier alpha value is -2.44. The Morgan fingerprint density at radius 3 is 2.89 bits per heavy atom. The van der Waals surface area contributed by atoms with Crippen molar-refractivity contribution in [3.8, 4) is 11.6 Å². The minimum atomic E-state index is -0.149. The van der Waals surface area contributed by atoms with Gasteiger partial charge < -0.3 is 14.6 Å². The Morgan fingerprint density at radius 2 is 2.21 bits per heavy atom. The highest BCUT2D eigenvalue weighted by Crippen LogP contribution is 2.13. The van der Waals surface area contributed by atoms with Crippen LogP contribution in [0.4, 0.5) is 4.79 Å². The minimum absolute atomic E-state index is 0.149. The van der Waals surface area contributed by atoms with Gasteiger partial charge in [0.05, 0.1) is 0 Å². The molecule has 7 heteroatoms. The highest BCUT2D eigenvalue weighted by molar-refractivity contribution is 5.73. The molecule has 0 aliphatic rings. The molecular weight excluding hydrogens is 246 g/mol. The zero-order valence-corrected chi connectivity index (χ0v) is 10.8. The summed E-state index contributed by atoms with van der Waals surface area (Å²) in [6, 6.07) is 5.32. The monoisotopic (exact) mass is 261 g/mol. The fourth-order valence-corrected chi connectivity index (χ4v) is 1.38. The first kappa shape index (κ1) is 13.0. The van der Waals surface area contributed by atoms with E-state index in [0.29, 0.717) is 30.4 Å². The van der Waals surface area contributed by atoms with E-state index in [1.807, 2.05) is 12.1 Å². The number of nitrogens with one attached hydrogen (secondary N) is 1. The van der Waals surface area contributed by atoms with Crippen LogP contribution in [-0.2, 0) is 6.42 Å². The minimum Gasteiger partial charge on any atom is -0.419 e. The second kappa shape index (κ2) is 5.94. The van der Waals surface area contributed by atoms with Crippen molar-refractivity contribution in [1.82, 2.24) is 25.4 Å². The van der Waals surface area contributed by atoms with Crippen LogP contribution in [0.3, 0.4) is 0 Å². The van der Waals surface area contributed by atoms with Gasteiger partial charge in [0.1, 0.15) is 5.69 Å². The van der Waals surface area contributed by atoms with Gasteiger partial charge in [0.15, 0.2) is 0 Å². The molecular formula is C12H15N5O2. The predicted octanol–water partition coefficient (Wildman–Crippen LogP) is 0.945. The summed E-state index contributed by atoms with van der Waals surface area (Å²) in [5.74, 6) is 0.856. The van der Waals surface area contributed by atoms with Crippen molar-refractivity contribution in [3.63, 3.8) is 0 Å². The smallest absolute Gasteiger partial charge is 0.316 e. The molecule has 0 saturated heterocycles. The molecule has 19 heavy (non-hydrogen) atoms. The molecule has 0 spiro atoms. The second-order valence-corrected chi connectivity index (χ2v) is 4.09. The molecule has 0 fully saturated rings. The molecule has 2 rings (SSSR count). The topological polar surface area (TPSA) is 84.2 Å². The molecule has 0 saturated carbocycles. The van der Waals surface area contributed by atoms with Crippen molar-refractivity contribution in [2.45, 2.75) is 6.42 Å². The van der Waals surface area contributed by atoms with E-state index >= 15 is 0 Å². The molecule has 0 bridgehead atoms. The number of carbonyl (C=O) groups is 1. The van der Waals surface area contributed by atoms with E-state index in [4.69, 9.17) is 4.42 Å². The van der Waals surface area contributed by atoms with Gasteiger partial charge in [-0.1, -0.05) is 6.07 Å². The number of pyridine rings is 1. The second-order valence-electron chi connectivity index (χ2n) is 4.09. The SMILES string of the molecule is CN(C)C(=O)NCCc1nnc(-c2ccccn2)o1. The number of carbonyl (C=O) groups excluding carboxylic acids is 1. The van der Waals surface area contributed by atoms with Gasteiger partial charge in [-0.15, -0.1) is 10.2 Å². The molecule has 0 aliphatic heterocycles. The number of hydrogen-bond acceptors (Lipinski definition) is 5. The lowest BCUT2D eigenvalue weighted by Crippen LogP contribution is -2.35. The van der Waals surface area contributed by atoms with Gasteiger partial charge in [-0.25, -0.2) is 4.79 Å². The standard InChI is InChI=1S/C12H15N5O2/c1-17(2)12(18)14-8-6-10-15-16-11(19-10)9-5-3-4-7-13-9/h3-5,7H,6,8H2,1-2H3,(H,14,18). The number of nitrogens with zero attached hydrogens (tertiary/aromatic N) is 4. The molecule has 0 radical (unpaired) electrons. The van der Waals surface area contributed by atoms with Crippen molar-refractivity contribution in [2.24, 2.45) is 0 Å². The van der Waals surface area contributed by atoms with Crippen LogP contribution in [0.5, 0.6) is 0 Å². The molecule has 7 nitrogen and oxygen atoms in total. The summed E-state index contributed by atoms with van der Waals surface area (Å²) in [4.78, 5) is 16.9. The van der Waals surface area contributed by atoms with Crippen molar-refractivity contribution < 1.29 is 9.21 Å². The summed E-state index contributed by atoms with van der Waals surface area (Å²) < 4.78 is 5.46. The molecule has 1 N–H and O–H groups in total. The van der Waals surface area contributed by atoms with Crippen LogP contribution in [0.25, 0.3) is 11.6 Å². The molecule has 0 unspecified atom stereocenters. The van der Waals surface area contributed by atoms with Gasteiger partial charge in [0.25, 0.3) is 5.89 Å². The number of amides is 2. The Balaban J connectivity index is 1.90. The molecule has 0 aliphatic carbocycles. The zero-order valence-electron chi connectivity index (χ0n) is 10.8. The summed E-state index contributed by atoms with van der Waals surface area (Å²) in [5.41, 5.74) is 0.638. The maximum atomic E-state index is 11.3. The largest absolute Gasteiger partial charge is 0.419 e. The Bertz CT molecular complexity index is 538. The van der Waals surface area contributed by atoms with E-state index in [0.717, 1.165) is 0 Å². The third-order valence-corrected chi connectivity index (χ3v) is 2.37. The highest BCUT2D eigenvalue weighted by atomic mass is 16.4. The Labute approximate surface area is 110 Å². The third-order valence-electron chi connectivity index (χ3n) is 2.37. The summed E-state index contributed by atoms with van der Waals surface area (Å²) in [6.45, 7) is 0.445. The van der Waals surface area contributed by atoms with E-state index in [1.54, 1.807) is 26.4 Å². The first-order chi connectivity index (χ1) is 9.16. The molecule has 0 atom stereocenters. The lowest BCUT2D eigenvalue weighted by atomic mass is 10.3. The van der Waals surface area contributed by atoms with Gasteiger partial charge >= 0.3 is 6.03 Å². The average molecular weight is 261 g/mol. The molecule has 2 aromatic heterocycles. The van der Waals surface area contributed by atoms with Crippen molar-refractivity contribution in [3.05, 3.63) is 30.3 Å². The van der Waals surface area contributed by atoms with Crippen molar-refractivity contribution in [1.29, 1.82) is 0 Å². The van der Waals surface area contributed by atoms with Crippen LogP contribution in [-0.4, -0.2) is 46.8 Å². The third kappa shape index (κ3) is 3.51. The normalized spacial score (nSPS) is 10.2. The maximum Gasteiger partial charge on any atom is 0.316 e. The van der Waals surface area contributed by atoms with Crippen LogP contribution in [0.15, 0.2) is 28.8 Å². The van der Waals surface area contributed by atoms with E-state index in [9.17, 15) is 4.79 Å².